The zero-order valence-electron chi connectivity index (χ0n) is 16.8. The highest BCUT2D eigenvalue weighted by Gasteiger charge is 2.35. The van der Waals surface area contributed by atoms with Crippen LogP contribution in [0.15, 0.2) is 29.2 Å². The van der Waals surface area contributed by atoms with E-state index in [0.29, 0.717) is 44.8 Å². The van der Waals surface area contributed by atoms with Gasteiger partial charge >= 0.3 is 0 Å². The van der Waals surface area contributed by atoms with E-state index in [0.717, 1.165) is 0 Å². The van der Waals surface area contributed by atoms with Gasteiger partial charge in [0.2, 0.25) is 10.0 Å². The molecule has 10 heteroatoms. The summed E-state index contributed by atoms with van der Waals surface area (Å²) < 4.78 is 55.8. The zero-order chi connectivity index (χ0) is 21.2. The summed E-state index contributed by atoms with van der Waals surface area (Å²) in [6.07, 6.45) is 0.435. The van der Waals surface area contributed by atoms with E-state index in [1.807, 2.05) is 13.8 Å². The van der Waals surface area contributed by atoms with Crippen molar-refractivity contribution in [3.05, 3.63) is 29.8 Å². The molecule has 0 bridgehead atoms. The number of hydrogen-bond acceptors (Lipinski definition) is 6. The smallest absolute Gasteiger partial charge is 0.254 e. The summed E-state index contributed by atoms with van der Waals surface area (Å²) in [7, 11) is -6.75. The fourth-order valence-corrected chi connectivity index (χ4v) is 6.82. The highest BCUT2D eigenvalue weighted by molar-refractivity contribution is 7.91. The second-order valence-corrected chi connectivity index (χ2v) is 12.1. The quantitative estimate of drug-likeness (QED) is 0.649. The average molecular weight is 445 g/mol. The fourth-order valence-electron chi connectivity index (χ4n) is 3.68. The molecule has 1 amide bonds. The van der Waals surface area contributed by atoms with Crippen LogP contribution in [0, 0.1) is 5.92 Å². The molecule has 2 saturated heterocycles. The van der Waals surface area contributed by atoms with Crippen LogP contribution in [0.4, 0.5) is 0 Å². The number of amides is 1. The Morgan fingerprint density at radius 2 is 1.83 bits per heavy atom. The second kappa shape index (κ2) is 8.71. The van der Waals surface area contributed by atoms with E-state index in [-0.39, 0.29) is 34.3 Å². The predicted octanol–water partition coefficient (Wildman–Crippen LogP) is 0.993. The maximum atomic E-state index is 13.1. The van der Waals surface area contributed by atoms with Gasteiger partial charge in [-0.1, -0.05) is 13.8 Å². The minimum atomic E-state index is -3.63. The highest BCUT2D eigenvalue weighted by atomic mass is 32.2. The van der Waals surface area contributed by atoms with Crippen molar-refractivity contribution in [1.29, 1.82) is 0 Å². The van der Waals surface area contributed by atoms with Crippen LogP contribution in [0.2, 0.25) is 0 Å². The van der Waals surface area contributed by atoms with Gasteiger partial charge in [0.05, 0.1) is 29.6 Å². The molecule has 1 aromatic carbocycles. The number of morpholine rings is 1. The van der Waals surface area contributed by atoms with Crippen molar-refractivity contribution in [2.24, 2.45) is 5.92 Å². The highest BCUT2D eigenvalue weighted by Crippen LogP contribution is 2.23. The van der Waals surface area contributed by atoms with E-state index in [2.05, 4.69) is 0 Å². The van der Waals surface area contributed by atoms with E-state index in [1.165, 1.54) is 28.6 Å². The Morgan fingerprint density at radius 3 is 2.34 bits per heavy atom. The summed E-state index contributed by atoms with van der Waals surface area (Å²) >= 11 is 0. The van der Waals surface area contributed by atoms with E-state index in [9.17, 15) is 21.6 Å². The van der Waals surface area contributed by atoms with Gasteiger partial charge in [-0.2, -0.15) is 4.31 Å². The van der Waals surface area contributed by atoms with Crippen molar-refractivity contribution in [3.8, 4) is 0 Å². The van der Waals surface area contributed by atoms with Crippen LogP contribution < -0.4 is 0 Å². The zero-order valence-corrected chi connectivity index (χ0v) is 18.4. The molecule has 0 N–H and O–H groups in total. The van der Waals surface area contributed by atoms with Gasteiger partial charge in [0.15, 0.2) is 9.84 Å². The lowest BCUT2D eigenvalue weighted by atomic mass is 10.1. The number of sulfonamides is 1. The first-order valence-corrected chi connectivity index (χ1v) is 13.1. The molecule has 8 nitrogen and oxygen atoms in total. The van der Waals surface area contributed by atoms with Crippen LogP contribution in [0.3, 0.4) is 0 Å². The van der Waals surface area contributed by atoms with Gasteiger partial charge in [0.25, 0.3) is 5.91 Å². The molecule has 2 fully saturated rings. The Kier molecular flexibility index (Phi) is 6.67. The van der Waals surface area contributed by atoms with Gasteiger partial charge in [0.1, 0.15) is 0 Å². The Labute approximate surface area is 172 Å². The molecular weight excluding hydrogens is 416 g/mol. The van der Waals surface area contributed by atoms with Crippen molar-refractivity contribution in [3.63, 3.8) is 0 Å². The fraction of sp³-hybridized carbons (Fsp3) is 0.632. The van der Waals surface area contributed by atoms with Crippen LogP contribution >= 0.6 is 0 Å². The number of ether oxygens (including phenoxy) is 1. The molecule has 2 aliphatic heterocycles. The third-order valence-electron chi connectivity index (χ3n) is 5.18. The minimum Gasteiger partial charge on any atom is -0.379 e. The molecule has 2 heterocycles. The number of nitrogens with zero attached hydrogens (tertiary/aromatic N) is 2. The number of sulfone groups is 1. The van der Waals surface area contributed by atoms with Crippen molar-refractivity contribution in [2.45, 2.75) is 31.2 Å². The lowest BCUT2D eigenvalue weighted by molar-refractivity contribution is 0.0672. The van der Waals surface area contributed by atoms with E-state index in [1.54, 1.807) is 4.90 Å². The molecule has 0 unspecified atom stereocenters. The lowest BCUT2D eigenvalue weighted by Gasteiger charge is -2.30. The predicted molar refractivity (Wildman–Crippen MR) is 109 cm³/mol. The van der Waals surface area contributed by atoms with Crippen molar-refractivity contribution in [1.82, 2.24) is 9.21 Å². The first-order chi connectivity index (χ1) is 13.6. The lowest BCUT2D eigenvalue weighted by Crippen LogP contribution is -2.43. The first kappa shape index (κ1) is 22.2. The molecular formula is C19H28N2O6S2. The van der Waals surface area contributed by atoms with E-state index >= 15 is 0 Å². The first-order valence-electron chi connectivity index (χ1n) is 9.79. The molecule has 0 aliphatic carbocycles. The summed E-state index contributed by atoms with van der Waals surface area (Å²) in [5, 5.41) is 0. The number of rotatable bonds is 6. The number of carbonyl (C=O) groups excluding carboxylic acids is 1. The molecule has 0 saturated carbocycles. The average Bonchev–Trinajstić information content (AvgIpc) is 3.05. The molecule has 0 aromatic heterocycles. The normalized spacial score (nSPS) is 22.7. The number of benzene rings is 1. The van der Waals surface area contributed by atoms with E-state index < -0.39 is 19.9 Å². The Hall–Kier alpha value is -1.49. The molecule has 1 aromatic rings. The molecule has 0 spiro atoms. The van der Waals surface area contributed by atoms with Crippen LogP contribution in [0.1, 0.15) is 30.6 Å². The SMILES string of the molecule is CC(C)CN(C(=O)c1ccc(S(=O)(=O)N2CCOCC2)cc1)[C@H]1CCS(=O)(=O)C1. The van der Waals surface area contributed by atoms with Crippen molar-refractivity contribution in [2.75, 3.05) is 44.4 Å². The molecule has 29 heavy (non-hydrogen) atoms. The minimum absolute atomic E-state index is 0.0189. The number of carbonyl (C=O) groups is 1. The van der Waals surface area contributed by atoms with Crippen LogP contribution in [-0.4, -0.2) is 82.3 Å². The van der Waals surface area contributed by atoms with Crippen LogP contribution in [0.5, 0.6) is 0 Å². The van der Waals surface area contributed by atoms with Crippen LogP contribution in [-0.2, 0) is 24.6 Å². The summed E-state index contributed by atoms with van der Waals surface area (Å²) in [6, 6.07) is 5.55. The molecule has 2 aliphatic rings. The Morgan fingerprint density at radius 1 is 1.21 bits per heavy atom. The molecule has 1 atom stereocenters. The topological polar surface area (TPSA) is 101 Å². The Balaban J connectivity index is 1.80. The van der Waals surface area contributed by atoms with Gasteiger partial charge in [-0.15, -0.1) is 0 Å². The summed E-state index contributed by atoms with van der Waals surface area (Å²) in [5.41, 5.74) is 0.357. The largest absolute Gasteiger partial charge is 0.379 e. The van der Waals surface area contributed by atoms with E-state index in [4.69, 9.17) is 4.74 Å². The maximum Gasteiger partial charge on any atom is 0.254 e. The molecule has 162 valence electrons. The van der Waals surface area contributed by atoms with Gasteiger partial charge in [-0.3, -0.25) is 4.79 Å². The summed E-state index contributed by atoms with van der Waals surface area (Å²) in [4.78, 5) is 14.9. The monoisotopic (exact) mass is 444 g/mol. The van der Waals surface area contributed by atoms with Crippen LogP contribution in [0.25, 0.3) is 0 Å². The molecule has 0 radical (unpaired) electrons. The van der Waals surface area contributed by atoms with Gasteiger partial charge in [0, 0.05) is 31.2 Å². The summed E-state index contributed by atoms with van der Waals surface area (Å²) in [5.74, 6) is -0.00931. The van der Waals surface area contributed by atoms with Gasteiger partial charge in [-0.25, -0.2) is 16.8 Å². The van der Waals surface area contributed by atoms with Gasteiger partial charge in [-0.05, 0) is 36.6 Å². The third kappa shape index (κ3) is 5.17. The second-order valence-electron chi connectivity index (χ2n) is 7.95. The Bertz CT molecular complexity index is 935. The van der Waals surface area contributed by atoms with Gasteiger partial charge < -0.3 is 9.64 Å². The maximum absolute atomic E-state index is 13.1. The molecule has 3 rings (SSSR count). The standard InChI is InChI=1S/C19H28N2O6S2/c1-15(2)13-21(17-7-12-28(23,24)14-17)19(22)16-3-5-18(6-4-16)29(25,26)20-8-10-27-11-9-20/h3-6,15,17H,7-14H2,1-2H3/t17-/m0/s1. The van der Waals surface area contributed by atoms with Crippen molar-refractivity contribution < 1.29 is 26.4 Å². The third-order valence-corrected chi connectivity index (χ3v) is 8.84. The summed E-state index contributed by atoms with van der Waals surface area (Å²) in [6.45, 7) is 5.74. The van der Waals surface area contributed by atoms with Crippen molar-refractivity contribution >= 4 is 25.8 Å². The number of hydrogen-bond donors (Lipinski definition) is 0.